The molecule has 0 atom stereocenters. The minimum absolute atomic E-state index is 0.110. The summed E-state index contributed by atoms with van der Waals surface area (Å²) in [7, 11) is 0. The van der Waals surface area contributed by atoms with Gasteiger partial charge in [0.15, 0.2) is 0 Å². The number of hydrogen-bond acceptors (Lipinski definition) is 4. The van der Waals surface area contributed by atoms with Crippen molar-refractivity contribution in [3.63, 3.8) is 0 Å². The third-order valence-corrected chi connectivity index (χ3v) is 3.23. The molecule has 0 saturated carbocycles. The van der Waals surface area contributed by atoms with Gasteiger partial charge in [-0.15, -0.1) is 5.10 Å². The minimum atomic E-state index is -0.340. The average Bonchev–Trinajstić information content (AvgIpc) is 2.93. The van der Waals surface area contributed by atoms with Crippen LogP contribution < -0.4 is 5.32 Å². The summed E-state index contributed by atoms with van der Waals surface area (Å²) < 4.78 is 1.55. The van der Waals surface area contributed by atoms with Crippen LogP contribution in [0.1, 0.15) is 28.8 Å². The molecular formula is C15H15N5O. The first kappa shape index (κ1) is 13.2. The molecule has 0 aliphatic heterocycles. The van der Waals surface area contributed by atoms with Gasteiger partial charge < -0.3 is 5.32 Å². The van der Waals surface area contributed by atoms with E-state index in [1.165, 1.54) is 0 Å². The molecule has 0 unspecified atom stereocenters. The standard InChI is InChI=1S/C15H15N5O/c1-3-11-5-4-6-12(9-11)17-14(21)13-18-15-16-8-7-10(2)20(15)19-13/h4-9H,3H2,1-2H3,(H,17,21). The smallest absolute Gasteiger partial charge is 0.295 e. The van der Waals surface area contributed by atoms with E-state index in [0.29, 0.717) is 5.78 Å². The van der Waals surface area contributed by atoms with E-state index in [-0.39, 0.29) is 11.7 Å². The van der Waals surface area contributed by atoms with Gasteiger partial charge in [-0.05, 0) is 37.1 Å². The van der Waals surface area contributed by atoms with Crippen LogP contribution in [-0.2, 0) is 6.42 Å². The fourth-order valence-electron chi connectivity index (χ4n) is 2.06. The Hall–Kier alpha value is -2.76. The van der Waals surface area contributed by atoms with Gasteiger partial charge in [-0.1, -0.05) is 19.1 Å². The fraction of sp³-hybridized carbons (Fsp3) is 0.200. The first-order valence-electron chi connectivity index (χ1n) is 6.76. The Morgan fingerprint density at radius 1 is 1.33 bits per heavy atom. The SMILES string of the molecule is CCc1cccc(NC(=O)c2nc3nccc(C)n3n2)c1. The van der Waals surface area contributed by atoms with Gasteiger partial charge in [0.05, 0.1) is 0 Å². The van der Waals surface area contributed by atoms with Crippen LogP contribution in [0.3, 0.4) is 0 Å². The van der Waals surface area contributed by atoms with Crippen LogP contribution in [0.15, 0.2) is 36.5 Å². The van der Waals surface area contributed by atoms with E-state index in [4.69, 9.17) is 0 Å². The predicted octanol–water partition coefficient (Wildman–Crippen LogP) is 2.25. The summed E-state index contributed by atoms with van der Waals surface area (Å²) in [4.78, 5) is 20.4. The van der Waals surface area contributed by atoms with Gasteiger partial charge in [-0.25, -0.2) is 9.50 Å². The molecule has 6 nitrogen and oxygen atoms in total. The second-order valence-corrected chi connectivity index (χ2v) is 4.74. The molecule has 0 aliphatic carbocycles. The largest absolute Gasteiger partial charge is 0.319 e. The Balaban J connectivity index is 1.88. The fourth-order valence-corrected chi connectivity index (χ4v) is 2.06. The lowest BCUT2D eigenvalue weighted by Gasteiger charge is -2.04. The number of carbonyl (C=O) groups excluding carboxylic acids is 1. The molecule has 2 aromatic heterocycles. The minimum Gasteiger partial charge on any atom is -0.319 e. The van der Waals surface area contributed by atoms with Gasteiger partial charge in [-0.2, -0.15) is 4.98 Å². The van der Waals surface area contributed by atoms with Crippen molar-refractivity contribution in [3.05, 3.63) is 53.6 Å². The van der Waals surface area contributed by atoms with Crippen molar-refractivity contribution < 1.29 is 4.79 Å². The Labute approximate surface area is 121 Å². The molecule has 3 aromatic rings. The second kappa shape index (κ2) is 5.32. The average molecular weight is 281 g/mol. The molecule has 0 spiro atoms. The first-order chi connectivity index (χ1) is 10.2. The number of amides is 1. The third kappa shape index (κ3) is 2.60. The van der Waals surface area contributed by atoms with Gasteiger partial charge in [0.1, 0.15) is 0 Å². The van der Waals surface area contributed by atoms with Crippen molar-refractivity contribution >= 4 is 17.4 Å². The highest BCUT2D eigenvalue weighted by atomic mass is 16.2. The zero-order valence-electron chi connectivity index (χ0n) is 11.9. The number of hydrogen-bond donors (Lipinski definition) is 1. The zero-order valence-corrected chi connectivity index (χ0v) is 11.9. The number of fused-ring (bicyclic) bond motifs is 1. The molecule has 21 heavy (non-hydrogen) atoms. The van der Waals surface area contributed by atoms with Gasteiger partial charge in [0, 0.05) is 17.6 Å². The highest BCUT2D eigenvalue weighted by Gasteiger charge is 2.14. The van der Waals surface area contributed by atoms with E-state index in [1.54, 1.807) is 10.7 Å². The number of rotatable bonds is 3. The molecule has 0 fully saturated rings. The molecule has 1 N–H and O–H groups in total. The van der Waals surface area contributed by atoms with Gasteiger partial charge in [-0.3, -0.25) is 4.79 Å². The van der Waals surface area contributed by atoms with Crippen molar-refractivity contribution in [2.24, 2.45) is 0 Å². The second-order valence-electron chi connectivity index (χ2n) is 4.74. The number of aromatic nitrogens is 4. The molecule has 106 valence electrons. The quantitative estimate of drug-likeness (QED) is 0.799. The van der Waals surface area contributed by atoms with Crippen molar-refractivity contribution in [2.45, 2.75) is 20.3 Å². The maximum atomic E-state index is 12.2. The predicted molar refractivity (Wildman–Crippen MR) is 79.3 cm³/mol. The summed E-state index contributed by atoms with van der Waals surface area (Å²) >= 11 is 0. The molecule has 0 aliphatic rings. The molecule has 1 aromatic carbocycles. The van der Waals surface area contributed by atoms with Crippen molar-refractivity contribution in [1.82, 2.24) is 19.6 Å². The highest BCUT2D eigenvalue weighted by Crippen LogP contribution is 2.12. The Morgan fingerprint density at radius 3 is 2.95 bits per heavy atom. The lowest BCUT2D eigenvalue weighted by Crippen LogP contribution is -2.14. The summed E-state index contributed by atoms with van der Waals surface area (Å²) in [5, 5.41) is 6.99. The summed E-state index contributed by atoms with van der Waals surface area (Å²) in [5.41, 5.74) is 2.77. The topological polar surface area (TPSA) is 72.2 Å². The van der Waals surface area contributed by atoms with Crippen LogP contribution in [-0.4, -0.2) is 25.5 Å². The number of aryl methyl sites for hydroxylation is 2. The summed E-state index contributed by atoms with van der Waals surface area (Å²) in [6, 6.07) is 9.53. The molecule has 6 heteroatoms. The maximum Gasteiger partial charge on any atom is 0.295 e. The third-order valence-electron chi connectivity index (χ3n) is 3.23. The van der Waals surface area contributed by atoms with Gasteiger partial charge in [0.25, 0.3) is 11.7 Å². The monoisotopic (exact) mass is 281 g/mol. The van der Waals surface area contributed by atoms with Gasteiger partial charge >= 0.3 is 0 Å². The molecule has 3 rings (SSSR count). The normalized spacial score (nSPS) is 10.8. The Bertz CT molecular complexity index is 809. The first-order valence-corrected chi connectivity index (χ1v) is 6.76. The van der Waals surface area contributed by atoms with Crippen LogP contribution in [0.4, 0.5) is 5.69 Å². The lowest BCUT2D eigenvalue weighted by molar-refractivity contribution is 0.101. The van der Waals surface area contributed by atoms with E-state index in [0.717, 1.165) is 23.4 Å². The van der Waals surface area contributed by atoms with Crippen molar-refractivity contribution in [3.8, 4) is 0 Å². The van der Waals surface area contributed by atoms with Crippen LogP contribution >= 0.6 is 0 Å². The molecule has 0 bridgehead atoms. The van der Waals surface area contributed by atoms with Crippen molar-refractivity contribution in [2.75, 3.05) is 5.32 Å². The van der Waals surface area contributed by atoms with Gasteiger partial charge in [0.2, 0.25) is 5.82 Å². The molecule has 0 saturated heterocycles. The van der Waals surface area contributed by atoms with Crippen LogP contribution in [0.25, 0.3) is 5.78 Å². The lowest BCUT2D eigenvalue weighted by atomic mass is 10.1. The number of carbonyl (C=O) groups is 1. The van der Waals surface area contributed by atoms with Crippen LogP contribution in [0.5, 0.6) is 0 Å². The number of nitrogens with zero attached hydrogens (tertiary/aromatic N) is 4. The molecular weight excluding hydrogens is 266 g/mol. The van der Waals surface area contributed by atoms with Crippen LogP contribution in [0, 0.1) is 6.92 Å². The van der Waals surface area contributed by atoms with E-state index in [9.17, 15) is 4.79 Å². The van der Waals surface area contributed by atoms with E-state index >= 15 is 0 Å². The molecule has 2 heterocycles. The summed E-state index contributed by atoms with van der Waals surface area (Å²) in [6.07, 6.45) is 2.56. The molecule has 1 amide bonds. The van der Waals surface area contributed by atoms with Crippen molar-refractivity contribution in [1.29, 1.82) is 0 Å². The molecule has 0 radical (unpaired) electrons. The van der Waals surface area contributed by atoms with Crippen LogP contribution in [0.2, 0.25) is 0 Å². The van der Waals surface area contributed by atoms with E-state index in [2.05, 4.69) is 27.3 Å². The number of nitrogens with one attached hydrogen (secondary N) is 1. The maximum absolute atomic E-state index is 12.2. The van der Waals surface area contributed by atoms with E-state index < -0.39 is 0 Å². The number of benzene rings is 1. The summed E-state index contributed by atoms with van der Waals surface area (Å²) in [5.74, 6) is 0.189. The Kier molecular flexibility index (Phi) is 3.35. The number of anilines is 1. The summed E-state index contributed by atoms with van der Waals surface area (Å²) in [6.45, 7) is 3.95. The zero-order chi connectivity index (χ0) is 14.8. The highest BCUT2D eigenvalue weighted by molar-refractivity contribution is 6.01. The Morgan fingerprint density at radius 2 is 2.19 bits per heavy atom. The van der Waals surface area contributed by atoms with E-state index in [1.807, 2.05) is 37.3 Å².